The minimum absolute atomic E-state index is 0.0335. The molecule has 0 radical (unpaired) electrons. The maximum Gasteiger partial charge on any atom is 0.137 e. The number of hydrogen-bond donors (Lipinski definition) is 4. The largest absolute Gasteiger partial charge is 0.506 e. The normalized spacial score (nSPS) is 13.3. The Morgan fingerprint density at radius 1 is 1.55 bits per heavy atom. The van der Waals surface area contributed by atoms with Crippen LogP contribution in [0.25, 0.3) is 0 Å². The van der Waals surface area contributed by atoms with Gasteiger partial charge in [0.2, 0.25) is 0 Å². The quantitative estimate of drug-likeness (QED) is 0.501. The molecule has 0 aliphatic carbocycles. The summed E-state index contributed by atoms with van der Waals surface area (Å²) in [6, 6.07) is -0.286. The minimum Gasteiger partial charge on any atom is -0.506 e. The van der Waals surface area contributed by atoms with Gasteiger partial charge in [0.25, 0.3) is 0 Å². The van der Waals surface area contributed by atoms with Crippen LogP contribution in [0, 0.1) is 0 Å². The number of aromatic nitrogens is 1. The molecule has 1 aromatic heterocycles. The summed E-state index contributed by atoms with van der Waals surface area (Å²) < 4.78 is 0. The molecule has 0 aliphatic heterocycles. The van der Waals surface area contributed by atoms with E-state index in [0.29, 0.717) is 12.0 Å². The van der Waals surface area contributed by atoms with Crippen molar-refractivity contribution in [2.24, 2.45) is 5.73 Å². The van der Waals surface area contributed by atoms with Gasteiger partial charge in [0, 0.05) is 30.6 Å². The average molecular weight is 156 g/mol. The molecule has 1 atom stereocenters. The van der Waals surface area contributed by atoms with E-state index in [1.807, 2.05) is 0 Å². The van der Waals surface area contributed by atoms with Crippen molar-refractivity contribution in [3.05, 3.63) is 18.0 Å². The van der Waals surface area contributed by atoms with Crippen molar-refractivity contribution in [2.45, 2.75) is 12.5 Å². The molecule has 0 fully saturated rings. The Bertz CT molecular complexity index is 222. The Morgan fingerprint density at radius 2 is 2.27 bits per heavy atom. The van der Waals surface area contributed by atoms with Gasteiger partial charge in [-0.25, -0.2) is 0 Å². The number of nitrogens with one attached hydrogen (secondary N) is 1. The highest BCUT2D eigenvalue weighted by molar-refractivity contribution is 5.31. The number of nitrogens with two attached hydrogens (primary N) is 1. The molecule has 0 aromatic carbocycles. The molecule has 11 heavy (non-hydrogen) atoms. The van der Waals surface area contributed by atoms with Crippen LogP contribution in [0.4, 0.5) is 0 Å². The van der Waals surface area contributed by atoms with E-state index in [1.165, 1.54) is 6.20 Å². The van der Waals surface area contributed by atoms with E-state index >= 15 is 0 Å². The number of rotatable bonds is 3. The molecular weight excluding hydrogens is 144 g/mol. The number of aliphatic hydroxyl groups excluding tert-OH is 1. The van der Waals surface area contributed by atoms with Crippen LogP contribution >= 0.6 is 0 Å². The van der Waals surface area contributed by atoms with Crippen molar-refractivity contribution >= 4 is 0 Å². The van der Waals surface area contributed by atoms with E-state index < -0.39 is 0 Å². The second kappa shape index (κ2) is 3.41. The number of aliphatic hydroxyl groups is 1. The monoisotopic (exact) mass is 156 g/mol. The lowest BCUT2D eigenvalue weighted by molar-refractivity contribution is 0.275. The second-order valence-corrected chi connectivity index (χ2v) is 2.41. The number of H-pyrrole nitrogens is 1. The Labute approximate surface area is 64.7 Å². The predicted molar refractivity (Wildman–Crippen MR) is 41.1 cm³/mol. The summed E-state index contributed by atoms with van der Waals surface area (Å²) in [5, 5.41) is 17.7. The van der Waals surface area contributed by atoms with Gasteiger partial charge in [0.05, 0.1) is 0 Å². The lowest BCUT2D eigenvalue weighted by atomic mass is 10.1. The van der Waals surface area contributed by atoms with E-state index in [9.17, 15) is 0 Å². The van der Waals surface area contributed by atoms with Crippen molar-refractivity contribution in [3.8, 4) is 5.75 Å². The van der Waals surface area contributed by atoms with Gasteiger partial charge in [0.15, 0.2) is 0 Å². The fourth-order valence-electron chi connectivity index (χ4n) is 0.959. The standard InChI is InChI=1S/C7H12N2O2/c8-6(1-2-10)5-3-9-4-7(5)11/h3-4,6,9-11H,1-2,8H2/t6-/m1/s1. The molecule has 1 aromatic rings. The Morgan fingerprint density at radius 3 is 2.73 bits per heavy atom. The van der Waals surface area contributed by atoms with Crippen LogP contribution in [0.1, 0.15) is 18.0 Å². The van der Waals surface area contributed by atoms with E-state index in [4.69, 9.17) is 15.9 Å². The van der Waals surface area contributed by atoms with Crippen molar-refractivity contribution in [3.63, 3.8) is 0 Å². The summed E-state index contributed by atoms with van der Waals surface area (Å²) >= 11 is 0. The molecule has 4 heteroatoms. The lowest BCUT2D eigenvalue weighted by Gasteiger charge is -2.07. The first-order chi connectivity index (χ1) is 5.25. The van der Waals surface area contributed by atoms with Gasteiger partial charge in [-0.1, -0.05) is 0 Å². The molecule has 0 amide bonds. The van der Waals surface area contributed by atoms with Crippen LogP contribution in [0.5, 0.6) is 5.75 Å². The Balaban J connectivity index is 2.67. The summed E-state index contributed by atoms with van der Waals surface area (Å²) in [5.41, 5.74) is 6.26. The Kier molecular flexibility index (Phi) is 2.51. The fraction of sp³-hybridized carbons (Fsp3) is 0.429. The molecule has 0 unspecified atom stereocenters. The highest BCUT2D eigenvalue weighted by Crippen LogP contribution is 2.23. The first-order valence-corrected chi connectivity index (χ1v) is 3.47. The number of aromatic hydroxyl groups is 1. The third-order valence-electron chi connectivity index (χ3n) is 1.59. The fourth-order valence-corrected chi connectivity index (χ4v) is 0.959. The zero-order valence-electron chi connectivity index (χ0n) is 6.12. The van der Waals surface area contributed by atoms with Gasteiger partial charge < -0.3 is 20.9 Å². The Hall–Kier alpha value is -1.00. The highest BCUT2D eigenvalue weighted by atomic mass is 16.3. The van der Waals surface area contributed by atoms with Crippen molar-refractivity contribution in [1.82, 2.24) is 4.98 Å². The minimum atomic E-state index is -0.286. The average Bonchev–Trinajstić information content (AvgIpc) is 2.36. The number of hydrogen-bond acceptors (Lipinski definition) is 3. The van der Waals surface area contributed by atoms with Crippen molar-refractivity contribution in [1.29, 1.82) is 0 Å². The van der Waals surface area contributed by atoms with Gasteiger partial charge in [-0.05, 0) is 6.42 Å². The zero-order valence-corrected chi connectivity index (χ0v) is 6.12. The van der Waals surface area contributed by atoms with Gasteiger partial charge >= 0.3 is 0 Å². The van der Waals surface area contributed by atoms with Crippen LogP contribution in [0.2, 0.25) is 0 Å². The van der Waals surface area contributed by atoms with Crippen molar-refractivity contribution < 1.29 is 10.2 Å². The van der Waals surface area contributed by atoms with Gasteiger partial charge in [-0.2, -0.15) is 0 Å². The molecule has 0 bridgehead atoms. The topological polar surface area (TPSA) is 82.3 Å². The van der Waals surface area contributed by atoms with E-state index in [-0.39, 0.29) is 18.4 Å². The molecule has 5 N–H and O–H groups in total. The van der Waals surface area contributed by atoms with Crippen LogP contribution in [-0.4, -0.2) is 21.8 Å². The first-order valence-electron chi connectivity index (χ1n) is 3.47. The van der Waals surface area contributed by atoms with E-state index in [1.54, 1.807) is 6.20 Å². The van der Waals surface area contributed by atoms with E-state index in [0.717, 1.165) is 0 Å². The smallest absolute Gasteiger partial charge is 0.137 e. The zero-order chi connectivity index (χ0) is 8.27. The molecule has 1 rings (SSSR count). The SMILES string of the molecule is N[C@H](CCO)c1c[nH]cc1O. The molecule has 1 heterocycles. The third-order valence-corrected chi connectivity index (χ3v) is 1.59. The molecule has 0 saturated carbocycles. The molecule has 4 nitrogen and oxygen atoms in total. The summed E-state index contributed by atoms with van der Waals surface area (Å²) in [6.07, 6.45) is 3.56. The van der Waals surface area contributed by atoms with Crippen LogP contribution in [0.3, 0.4) is 0 Å². The first kappa shape index (κ1) is 8.10. The van der Waals surface area contributed by atoms with Gasteiger partial charge in [0.1, 0.15) is 5.75 Å². The summed E-state index contributed by atoms with van der Waals surface area (Å²) in [6.45, 7) is 0.0335. The van der Waals surface area contributed by atoms with Gasteiger partial charge in [-0.15, -0.1) is 0 Å². The molecule has 62 valence electrons. The molecule has 0 spiro atoms. The van der Waals surface area contributed by atoms with Crippen LogP contribution < -0.4 is 5.73 Å². The maximum atomic E-state index is 9.15. The number of aromatic amines is 1. The summed E-state index contributed by atoms with van der Waals surface area (Å²) in [7, 11) is 0. The summed E-state index contributed by atoms with van der Waals surface area (Å²) in [5.74, 6) is 0.158. The molecular formula is C7H12N2O2. The van der Waals surface area contributed by atoms with Gasteiger partial charge in [-0.3, -0.25) is 0 Å². The highest BCUT2D eigenvalue weighted by Gasteiger charge is 2.09. The second-order valence-electron chi connectivity index (χ2n) is 2.41. The van der Waals surface area contributed by atoms with E-state index in [2.05, 4.69) is 4.98 Å². The summed E-state index contributed by atoms with van der Waals surface area (Å²) in [4.78, 5) is 2.73. The van der Waals surface area contributed by atoms with Crippen LogP contribution in [0.15, 0.2) is 12.4 Å². The van der Waals surface area contributed by atoms with Crippen LogP contribution in [-0.2, 0) is 0 Å². The third kappa shape index (κ3) is 1.72. The van der Waals surface area contributed by atoms with Crippen molar-refractivity contribution in [2.75, 3.05) is 6.61 Å². The molecule has 0 saturated heterocycles. The lowest BCUT2D eigenvalue weighted by Crippen LogP contribution is -2.10. The predicted octanol–water partition coefficient (Wildman–Crippen LogP) is 0.102. The maximum absolute atomic E-state index is 9.15. The molecule has 0 aliphatic rings.